The van der Waals surface area contributed by atoms with Crippen LogP contribution in [0.25, 0.3) is 0 Å². The number of imide groups is 1. The predicted molar refractivity (Wildman–Crippen MR) is 139 cm³/mol. The lowest BCUT2D eigenvalue weighted by atomic mass is 9.67. The van der Waals surface area contributed by atoms with Gasteiger partial charge in [0, 0.05) is 39.3 Å². The first kappa shape index (κ1) is 29.0. The number of carboxylic acids is 2. The van der Waals surface area contributed by atoms with E-state index in [0.717, 1.165) is 18.7 Å². The van der Waals surface area contributed by atoms with Gasteiger partial charge >= 0.3 is 11.9 Å². The van der Waals surface area contributed by atoms with Gasteiger partial charge in [-0.05, 0) is 74.4 Å². The summed E-state index contributed by atoms with van der Waals surface area (Å²) in [6.45, 7) is 1.65. The van der Waals surface area contributed by atoms with E-state index in [0.29, 0.717) is 46.2 Å². The van der Waals surface area contributed by atoms with Crippen LogP contribution in [0.1, 0.15) is 24.0 Å². The molecule has 2 aliphatic rings. The molecule has 0 aromatic heterocycles. The number of halogens is 3. The highest BCUT2D eigenvalue weighted by Gasteiger charge is 2.47. The Kier molecular flexibility index (Phi) is 9.43. The van der Waals surface area contributed by atoms with Gasteiger partial charge in [0.25, 0.3) is 11.8 Å². The molecule has 0 radical (unpaired) electrons. The van der Waals surface area contributed by atoms with Gasteiger partial charge in [-0.25, -0.2) is 14.0 Å². The second kappa shape index (κ2) is 12.3. The zero-order valence-corrected chi connectivity index (χ0v) is 21.9. The van der Waals surface area contributed by atoms with Gasteiger partial charge in [-0.3, -0.25) is 14.5 Å². The van der Waals surface area contributed by atoms with Crippen LogP contribution in [0.5, 0.6) is 0 Å². The van der Waals surface area contributed by atoms with Crippen molar-refractivity contribution in [3.05, 3.63) is 93.3 Å². The molecule has 200 valence electrons. The van der Waals surface area contributed by atoms with Gasteiger partial charge in [0.1, 0.15) is 5.82 Å². The molecule has 2 aromatic carbocycles. The summed E-state index contributed by atoms with van der Waals surface area (Å²) in [4.78, 5) is 48.7. The van der Waals surface area contributed by atoms with Gasteiger partial charge in [0.05, 0.1) is 6.54 Å². The molecule has 4 rings (SSSR count). The maximum atomic E-state index is 13.6. The Hall–Kier alpha value is -3.53. The Balaban J connectivity index is 0.000000436. The zero-order chi connectivity index (χ0) is 28.0. The van der Waals surface area contributed by atoms with E-state index in [-0.39, 0.29) is 24.2 Å². The molecule has 2 heterocycles. The molecule has 0 aliphatic carbocycles. The molecule has 0 unspecified atom stereocenters. The summed E-state index contributed by atoms with van der Waals surface area (Å²) in [5.74, 6) is -3.51. The molecule has 1 saturated heterocycles. The van der Waals surface area contributed by atoms with Gasteiger partial charge in [0.2, 0.25) is 0 Å². The van der Waals surface area contributed by atoms with Crippen molar-refractivity contribution in [2.75, 3.05) is 20.1 Å². The van der Waals surface area contributed by atoms with Crippen LogP contribution < -0.4 is 0 Å². The summed E-state index contributed by atoms with van der Waals surface area (Å²) in [5, 5.41) is 16.5. The molecule has 2 amide bonds. The lowest BCUT2D eigenvalue weighted by Gasteiger charge is -2.41. The predicted octanol–water partition coefficient (Wildman–Crippen LogP) is 4.30. The van der Waals surface area contributed by atoms with E-state index in [1.54, 1.807) is 30.3 Å². The second-order valence-corrected chi connectivity index (χ2v) is 9.84. The smallest absolute Gasteiger partial charge is 0.328 e. The monoisotopic (exact) mass is 562 g/mol. The Bertz CT molecular complexity index is 1260. The molecule has 0 bridgehead atoms. The molecule has 2 aliphatic heterocycles. The molecule has 0 spiro atoms. The first-order valence-corrected chi connectivity index (χ1v) is 12.3. The van der Waals surface area contributed by atoms with Gasteiger partial charge < -0.3 is 15.1 Å². The number of carbonyl (C=O) groups excluding carboxylic acids is 2. The van der Waals surface area contributed by atoms with Crippen LogP contribution >= 0.6 is 23.2 Å². The first-order chi connectivity index (χ1) is 17.9. The number of rotatable bonds is 6. The normalized spacial score (nSPS) is 17.3. The molecule has 0 atom stereocenters. The third kappa shape index (κ3) is 7.06. The fourth-order valence-electron chi connectivity index (χ4n) is 4.51. The van der Waals surface area contributed by atoms with Crippen LogP contribution in [-0.2, 0) is 31.1 Å². The van der Waals surface area contributed by atoms with E-state index < -0.39 is 17.4 Å². The van der Waals surface area contributed by atoms with Crippen LogP contribution in [0.4, 0.5) is 4.39 Å². The lowest BCUT2D eigenvalue weighted by molar-refractivity contribution is -0.138. The summed E-state index contributed by atoms with van der Waals surface area (Å²) in [6, 6.07) is 11.2. The van der Waals surface area contributed by atoms with E-state index in [9.17, 15) is 23.6 Å². The number of nitrogens with zero attached hydrogens (tertiary/aromatic N) is 2. The minimum atomic E-state index is -1.26. The third-order valence-corrected chi connectivity index (χ3v) is 6.83. The number of benzene rings is 2. The summed E-state index contributed by atoms with van der Waals surface area (Å²) < 4.78 is 13.6. The van der Waals surface area contributed by atoms with Gasteiger partial charge in [-0.15, -0.1) is 0 Å². The number of likely N-dealkylation sites (tertiary alicyclic amines) is 1. The average Bonchev–Trinajstić information content (AvgIpc) is 3.12. The van der Waals surface area contributed by atoms with E-state index in [1.165, 1.54) is 23.1 Å². The van der Waals surface area contributed by atoms with Gasteiger partial charge in [-0.1, -0.05) is 35.3 Å². The minimum absolute atomic E-state index is 0.0946. The molecule has 2 aromatic rings. The Morgan fingerprint density at radius 1 is 0.974 bits per heavy atom. The second-order valence-electron chi connectivity index (χ2n) is 8.97. The van der Waals surface area contributed by atoms with Crippen LogP contribution in [0.15, 0.2) is 66.3 Å². The van der Waals surface area contributed by atoms with Crippen molar-refractivity contribution in [2.45, 2.75) is 24.8 Å². The fourth-order valence-corrected chi connectivity index (χ4v) is 5.08. The summed E-state index contributed by atoms with van der Waals surface area (Å²) in [7, 11) is 2.03. The Labute approximate surface area is 228 Å². The van der Waals surface area contributed by atoms with E-state index in [1.807, 2.05) is 7.05 Å². The Morgan fingerprint density at radius 2 is 1.50 bits per heavy atom. The molecule has 38 heavy (non-hydrogen) atoms. The van der Waals surface area contributed by atoms with Crippen molar-refractivity contribution >= 4 is 47.0 Å². The quantitative estimate of drug-likeness (QED) is 0.398. The van der Waals surface area contributed by atoms with Crippen LogP contribution in [0.3, 0.4) is 0 Å². The molecule has 0 saturated carbocycles. The molecular weight excluding hydrogens is 538 g/mol. The summed E-state index contributed by atoms with van der Waals surface area (Å²) in [5.41, 5.74) is 1.40. The van der Waals surface area contributed by atoms with Crippen LogP contribution in [-0.4, -0.2) is 63.9 Å². The molecule has 1 fully saturated rings. The maximum Gasteiger partial charge on any atom is 0.328 e. The van der Waals surface area contributed by atoms with Gasteiger partial charge in [-0.2, -0.15) is 0 Å². The number of carboxylic acid groups (broad SMARTS) is 2. The Morgan fingerprint density at radius 3 is 2.00 bits per heavy atom. The van der Waals surface area contributed by atoms with Gasteiger partial charge in [0.15, 0.2) is 0 Å². The molecule has 8 nitrogen and oxygen atoms in total. The van der Waals surface area contributed by atoms with Crippen molar-refractivity contribution in [3.8, 4) is 0 Å². The van der Waals surface area contributed by atoms with Crippen LogP contribution in [0, 0.1) is 5.82 Å². The van der Waals surface area contributed by atoms with Crippen molar-refractivity contribution in [3.63, 3.8) is 0 Å². The zero-order valence-electron chi connectivity index (χ0n) is 20.4. The van der Waals surface area contributed by atoms with E-state index >= 15 is 0 Å². The highest BCUT2D eigenvalue weighted by molar-refractivity contribution is 6.34. The van der Waals surface area contributed by atoms with E-state index in [2.05, 4.69) is 4.90 Å². The van der Waals surface area contributed by atoms with Crippen molar-refractivity contribution in [1.29, 1.82) is 0 Å². The largest absolute Gasteiger partial charge is 0.478 e. The third-order valence-electron chi connectivity index (χ3n) is 6.39. The minimum Gasteiger partial charge on any atom is -0.478 e. The maximum absolute atomic E-state index is 13.6. The number of hydrogen-bond acceptors (Lipinski definition) is 5. The number of carbonyl (C=O) groups is 4. The van der Waals surface area contributed by atoms with Crippen LogP contribution in [0.2, 0.25) is 10.0 Å². The number of amides is 2. The standard InChI is InChI=1S/C23H21Cl2FN2O2.C4H4O4/c1-27-8-6-23(7-9-27,16-2-4-19(26)5-3-16)20-13-21(29)28(22(20)30)14-15-10-17(24)12-18(25)11-15;5-3(6)1-2-4(7)8/h2-5,10-13H,6-9,14H2,1H3;1-2H,(H,5,6)(H,7,8)/b;2-1+. The first-order valence-electron chi connectivity index (χ1n) is 11.5. The number of piperidine rings is 1. The molecule has 2 N–H and O–H groups in total. The topological polar surface area (TPSA) is 115 Å². The SMILES string of the molecule is CN1CCC(C2=CC(=O)N(Cc3cc(Cl)cc(Cl)c3)C2=O)(c2ccc(F)cc2)CC1.O=C(O)/C=C/C(=O)O. The number of aliphatic carboxylic acids is 2. The highest BCUT2D eigenvalue weighted by atomic mass is 35.5. The highest BCUT2D eigenvalue weighted by Crippen LogP contribution is 2.44. The summed E-state index contributed by atoms with van der Waals surface area (Å²) in [6.07, 6.45) is 3.92. The molecular formula is C27H25Cl2FN2O6. The number of hydrogen-bond donors (Lipinski definition) is 2. The average molecular weight is 563 g/mol. The lowest BCUT2D eigenvalue weighted by Crippen LogP contribution is -2.44. The molecule has 11 heteroatoms. The van der Waals surface area contributed by atoms with E-state index in [4.69, 9.17) is 33.4 Å². The van der Waals surface area contributed by atoms with Crippen molar-refractivity contribution in [2.24, 2.45) is 0 Å². The van der Waals surface area contributed by atoms with Crippen molar-refractivity contribution < 1.29 is 33.8 Å². The van der Waals surface area contributed by atoms with Crippen molar-refractivity contribution in [1.82, 2.24) is 9.80 Å². The fraction of sp³-hybridized carbons (Fsp3) is 0.259. The summed E-state index contributed by atoms with van der Waals surface area (Å²) >= 11 is 12.1.